The van der Waals surface area contributed by atoms with Gasteiger partial charge in [0.25, 0.3) is 0 Å². The highest BCUT2D eigenvalue weighted by Crippen LogP contribution is 2.32. The third-order valence-corrected chi connectivity index (χ3v) is 4.60. The SMILES string of the molecule is CC(C)c1ccc(SCC(=O)NC(C(=O)O)C2CC2)cc1. The Morgan fingerprint density at radius 3 is 2.38 bits per heavy atom. The third kappa shape index (κ3) is 4.77. The van der Waals surface area contributed by atoms with Crippen molar-refractivity contribution in [3.05, 3.63) is 29.8 Å². The maximum atomic E-state index is 11.8. The third-order valence-electron chi connectivity index (χ3n) is 3.59. The summed E-state index contributed by atoms with van der Waals surface area (Å²) >= 11 is 1.43. The maximum absolute atomic E-state index is 11.8. The van der Waals surface area contributed by atoms with Gasteiger partial charge in [-0.25, -0.2) is 4.79 Å². The molecule has 1 aromatic rings. The second-order valence-electron chi connectivity index (χ2n) is 5.73. The molecule has 2 rings (SSSR count). The summed E-state index contributed by atoms with van der Waals surface area (Å²) in [6.07, 6.45) is 1.78. The fourth-order valence-corrected chi connectivity index (χ4v) is 2.83. The molecule has 5 heteroatoms. The zero-order valence-corrected chi connectivity index (χ0v) is 13.2. The van der Waals surface area contributed by atoms with Crippen LogP contribution < -0.4 is 5.32 Å². The Labute approximate surface area is 129 Å². The number of aliphatic carboxylic acids is 1. The maximum Gasteiger partial charge on any atom is 0.326 e. The van der Waals surface area contributed by atoms with Gasteiger partial charge in [-0.1, -0.05) is 26.0 Å². The molecule has 4 nitrogen and oxygen atoms in total. The first kappa shape index (κ1) is 15.9. The number of carboxylic acids is 1. The monoisotopic (exact) mass is 307 g/mol. The second kappa shape index (κ2) is 6.98. The molecule has 0 spiro atoms. The predicted octanol–water partition coefficient (Wildman–Crippen LogP) is 2.88. The first-order chi connectivity index (χ1) is 9.97. The van der Waals surface area contributed by atoms with Gasteiger partial charge in [-0.2, -0.15) is 0 Å². The summed E-state index contributed by atoms with van der Waals surface area (Å²) in [5.41, 5.74) is 1.27. The number of nitrogens with one attached hydrogen (secondary N) is 1. The van der Waals surface area contributed by atoms with Crippen molar-refractivity contribution in [2.75, 3.05) is 5.75 Å². The van der Waals surface area contributed by atoms with Crippen molar-refractivity contribution in [3.63, 3.8) is 0 Å². The summed E-state index contributed by atoms with van der Waals surface area (Å²) in [7, 11) is 0. The van der Waals surface area contributed by atoms with Crippen LogP contribution in [-0.4, -0.2) is 28.8 Å². The van der Waals surface area contributed by atoms with Crippen molar-refractivity contribution in [1.82, 2.24) is 5.32 Å². The summed E-state index contributed by atoms with van der Waals surface area (Å²) < 4.78 is 0. The summed E-state index contributed by atoms with van der Waals surface area (Å²) in [4.78, 5) is 23.9. The summed E-state index contributed by atoms with van der Waals surface area (Å²) in [5.74, 6) is -0.300. The Balaban J connectivity index is 1.81. The Kier molecular flexibility index (Phi) is 5.28. The van der Waals surface area contributed by atoms with Crippen molar-refractivity contribution in [3.8, 4) is 0 Å². The first-order valence-corrected chi connectivity index (χ1v) is 8.21. The van der Waals surface area contributed by atoms with Crippen LogP contribution in [0.5, 0.6) is 0 Å². The normalized spacial score (nSPS) is 15.8. The molecule has 1 aliphatic rings. The second-order valence-corrected chi connectivity index (χ2v) is 6.78. The fourth-order valence-electron chi connectivity index (χ4n) is 2.12. The largest absolute Gasteiger partial charge is 0.480 e. The van der Waals surface area contributed by atoms with Crippen LogP contribution in [0.3, 0.4) is 0 Å². The van der Waals surface area contributed by atoms with Gasteiger partial charge in [0.1, 0.15) is 6.04 Å². The van der Waals surface area contributed by atoms with E-state index in [1.165, 1.54) is 17.3 Å². The van der Waals surface area contributed by atoms with Crippen LogP contribution in [-0.2, 0) is 9.59 Å². The Morgan fingerprint density at radius 2 is 1.90 bits per heavy atom. The number of rotatable bonds is 7. The Morgan fingerprint density at radius 1 is 1.29 bits per heavy atom. The van der Waals surface area contributed by atoms with E-state index in [9.17, 15) is 9.59 Å². The van der Waals surface area contributed by atoms with Crippen molar-refractivity contribution in [2.24, 2.45) is 5.92 Å². The molecule has 0 saturated heterocycles. The van der Waals surface area contributed by atoms with Crippen molar-refractivity contribution >= 4 is 23.6 Å². The lowest BCUT2D eigenvalue weighted by molar-refractivity contribution is -0.142. The van der Waals surface area contributed by atoms with E-state index in [1.807, 2.05) is 12.1 Å². The van der Waals surface area contributed by atoms with Gasteiger partial charge in [0.05, 0.1) is 5.75 Å². The molecule has 1 fully saturated rings. The Bertz CT molecular complexity index is 509. The Hall–Kier alpha value is -1.49. The zero-order chi connectivity index (χ0) is 15.4. The number of amides is 1. The molecule has 114 valence electrons. The molecule has 0 radical (unpaired) electrons. The molecule has 1 aromatic carbocycles. The summed E-state index contributed by atoms with van der Waals surface area (Å²) in [6, 6.07) is 7.41. The van der Waals surface area contributed by atoms with Crippen LogP contribution in [0.15, 0.2) is 29.2 Å². The molecule has 21 heavy (non-hydrogen) atoms. The highest BCUT2D eigenvalue weighted by Gasteiger charge is 2.37. The van der Waals surface area contributed by atoms with Gasteiger partial charge >= 0.3 is 5.97 Å². The summed E-state index contributed by atoms with van der Waals surface area (Å²) in [6.45, 7) is 4.28. The van der Waals surface area contributed by atoms with Gasteiger partial charge in [-0.05, 0) is 42.4 Å². The van der Waals surface area contributed by atoms with E-state index in [4.69, 9.17) is 5.11 Å². The molecular weight excluding hydrogens is 286 g/mol. The van der Waals surface area contributed by atoms with Gasteiger partial charge in [-0.3, -0.25) is 4.79 Å². The van der Waals surface area contributed by atoms with Crippen LogP contribution in [0.2, 0.25) is 0 Å². The molecule has 0 aliphatic heterocycles. The quantitative estimate of drug-likeness (QED) is 0.760. The van der Waals surface area contributed by atoms with E-state index in [2.05, 4.69) is 31.3 Å². The smallest absolute Gasteiger partial charge is 0.326 e. The number of carbonyl (C=O) groups excluding carboxylic acids is 1. The highest BCUT2D eigenvalue weighted by molar-refractivity contribution is 8.00. The van der Waals surface area contributed by atoms with Crippen LogP contribution in [0, 0.1) is 5.92 Å². The van der Waals surface area contributed by atoms with Gasteiger partial charge in [0.15, 0.2) is 0 Å². The topological polar surface area (TPSA) is 66.4 Å². The van der Waals surface area contributed by atoms with E-state index >= 15 is 0 Å². The molecule has 1 unspecified atom stereocenters. The van der Waals surface area contributed by atoms with E-state index in [-0.39, 0.29) is 17.6 Å². The number of carboxylic acid groups (broad SMARTS) is 1. The molecular formula is C16H21NO3S. The minimum Gasteiger partial charge on any atom is -0.480 e. The van der Waals surface area contributed by atoms with Crippen molar-refractivity contribution in [1.29, 1.82) is 0 Å². The molecule has 0 aromatic heterocycles. The lowest BCUT2D eigenvalue weighted by atomic mass is 10.0. The predicted molar refractivity (Wildman–Crippen MR) is 83.5 cm³/mol. The number of thioether (sulfide) groups is 1. The van der Waals surface area contributed by atoms with E-state index in [1.54, 1.807) is 0 Å². The highest BCUT2D eigenvalue weighted by atomic mass is 32.2. The molecule has 0 bridgehead atoms. The fraction of sp³-hybridized carbons (Fsp3) is 0.500. The van der Waals surface area contributed by atoms with E-state index in [0.29, 0.717) is 5.92 Å². The zero-order valence-electron chi connectivity index (χ0n) is 12.3. The van der Waals surface area contributed by atoms with Crippen molar-refractivity contribution in [2.45, 2.75) is 43.5 Å². The standard InChI is InChI=1S/C16H21NO3S/c1-10(2)11-5-7-13(8-6-11)21-9-14(18)17-15(16(19)20)12-3-4-12/h5-8,10,12,15H,3-4,9H2,1-2H3,(H,17,18)(H,19,20). The van der Waals surface area contributed by atoms with Gasteiger partial charge < -0.3 is 10.4 Å². The van der Waals surface area contributed by atoms with Crippen LogP contribution in [0.1, 0.15) is 38.2 Å². The molecule has 1 atom stereocenters. The van der Waals surface area contributed by atoms with Crippen LogP contribution in [0.4, 0.5) is 0 Å². The number of carbonyl (C=O) groups is 2. The molecule has 1 saturated carbocycles. The average molecular weight is 307 g/mol. The molecule has 1 aliphatic carbocycles. The van der Waals surface area contributed by atoms with Gasteiger partial charge in [-0.15, -0.1) is 11.8 Å². The van der Waals surface area contributed by atoms with Gasteiger partial charge in [0.2, 0.25) is 5.91 Å². The average Bonchev–Trinajstić information content (AvgIpc) is 3.27. The minimum atomic E-state index is -0.933. The van der Waals surface area contributed by atoms with E-state index < -0.39 is 12.0 Å². The minimum absolute atomic E-state index is 0.113. The lowest BCUT2D eigenvalue weighted by Crippen LogP contribution is -2.43. The number of hydrogen-bond donors (Lipinski definition) is 2. The van der Waals surface area contributed by atoms with E-state index in [0.717, 1.165) is 17.7 Å². The molecule has 2 N–H and O–H groups in total. The lowest BCUT2D eigenvalue weighted by Gasteiger charge is -2.13. The molecule has 1 amide bonds. The number of hydrogen-bond acceptors (Lipinski definition) is 3. The summed E-state index contributed by atoms with van der Waals surface area (Å²) in [5, 5.41) is 11.7. The first-order valence-electron chi connectivity index (χ1n) is 7.22. The van der Waals surface area contributed by atoms with Crippen LogP contribution in [0.25, 0.3) is 0 Å². The molecule has 0 heterocycles. The number of benzene rings is 1. The van der Waals surface area contributed by atoms with Crippen molar-refractivity contribution < 1.29 is 14.7 Å². The van der Waals surface area contributed by atoms with Crippen LogP contribution >= 0.6 is 11.8 Å². The van der Waals surface area contributed by atoms with Gasteiger partial charge in [0, 0.05) is 4.90 Å².